The number of hydrogen-bond donors (Lipinski definition) is 0. The van der Waals surface area contributed by atoms with Gasteiger partial charge < -0.3 is 4.42 Å². The summed E-state index contributed by atoms with van der Waals surface area (Å²) in [5.74, 6) is 1.76. The second-order valence-electron chi connectivity index (χ2n) is 15.9. The largest absolute Gasteiger partial charge is 0.455 e. The Morgan fingerprint density at radius 1 is 0.365 bits per heavy atom. The van der Waals surface area contributed by atoms with Crippen molar-refractivity contribution in [2.45, 2.75) is 0 Å². The monoisotopic (exact) mass is 822 g/mol. The summed E-state index contributed by atoms with van der Waals surface area (Å²) < 4.78 is 8.80. The molecule has 12 aromatic rings. The van der Waals surface area contributed by atoms with Gasteiger partial charge in [0.2, 0.25) is 5.95 Å². The third-order valence-electron chi connectivity index (χ3n) is 12.4. The average Bonchev–Trinajstić information content (AvgIpc) is 3.92. The molecule has 3 aromatic heterocycles. The van der Waals surface area contributed by atoms with Crippen LogP contribution in [0.3, 0.4) is 0 Å². The SMILES string of the molecule is c1ccc(-c2nc(-c3cccc([Si](c4ccccc4)(c4ccccc4)c4ccccc4)c3)nc(-n3c4ccccc4c4c(-c5cccc6c5oc5ccccc56)cccc43)n2)cc1. The first-order chi connectivity index (χ1) is 31.3. The molecule has 296 valence electrons. The van der Waals surface area contributed by atoms with E-state index in [1.54, 1.807) is 0 Å². The molecular weight excluding hydrogens is 785 g/mol. The molecule has 0 amide bonds. The van der Waals surface area contributed by atoms with E-state index in [2.05, 4.69) is 205 Å². The van der Waals surface area contributed by atoms with Crippen molar-refractivity contribution < 1.29 is 4.42 Å². The molecule has 0 unspecified atom stereocenters. The van der Waals surface area contributed by atoms with Crippen LogP contribution in [0.15, 0.2) is 235 Å². The van der Waals surface area contributed by atoms with Crippen molar-refractivity contribution in [1.82, 2.24) is 19.5 Å². The van der Waals surface area contributed by atoms with Crippen molar-refractivity contribution in [3.05, 3.63) is 231 Å². The molecule has 0 fully saturated rings. The van der Waals surface area contributed by atoms with E-state index in [0.717, 1.165) is 66.0 Å². The van der Waals surface area contributed by atoms with Crippen LogP contribution in [0.4, 0.5) is 0 Å². The summed E-state index contributed by atoms with van der Waals surface area (Å²) in [6.07, 6.45) is 0. The molecule has 0 spiro atoms. The molecule has 0 N–H and O–H groups in total. The Labute approximate surface area is 365 Å². The lowest BCUT2D eigenvalue weighted by atomic mass is 9.97. The fourth-order valence-electron chi connectivity index (χ4n) is 9.68. The third-order valence-corrected chi connectivity index (χ3v) is 17.2. The highest BCUT2D eigenvalue weighted by molar-refractivity contribution is 7.19. The van der Waals surface area contributed by atoms with Crippen molar-refractivity contribution in [3.63, 3.8) is 0 Å². The number of fused-ring (bicyclic) bond motifs is 6. The molecule has 6 heteroatoms. The minimum absolute atomic E-state index is 0.548. The lowest BCUT2D eigenvalue weighted by Gasteiger charge is -2.34. The van der Waals surface area contributed by atoms with Gasteiger partial charge in [0.1, 0.15) is 11.2 Å². The molecule has 63 heavy (non-hydrogen) atoms. The van der Waals surface area contributed by atoms with Crippen molar-refractivity contribution in [1.29, 1.82) is 0 Å². The number of aromatic nitrogens is 4. The van der Waals surface area contributed by atoms with Crippen LogP contribution in [-0.4, -0.2) is 27.6 Å². The molecule has 0 aliphatic rings. The van der Waals surface area contributed by atoms with E-state index >= 15 is 0 Å². The van der Waals surface area contributed by atoms with Gasteiger partial charge in [0, 0.05) is 38.2 Å². The highest BCUT2D eigenvalue weighted by Gasteiger charge is 2.41. The van der Waals surface area contributed by atoms with E-state index in [1.165, 1.54) is 20.7 Å². The summed E-state index contributed by atoms with van der Waals surface area (Å²) in [5, 5.41) is 9.57. The normalized spacial score (nSPS) is 11.8. The summed E-state index contributed by atoms with van der Waals surface area (Å²) >= 11 is 0. The standard InChI is InChI=1S/C57H38N4OSi/c1-5-20-39(21-6-1)55-58-56(40-22-17-29-44(38-40)63(41-23-7-2-8-24-41,42-25-9-3-10-26-42)43-27-11-4-12-28-43)60-57(59-55)61-50-35-15-13-31-49(50)53-46(32-19-36-51(53)61)48-34-18-33-47-45-30-14-16-37-52(45)62-54(47)48/h1-38H. The zero-order valence-corrected chi connectivity index (χ0v) is 35.1. The van der Waals surface area contributed by atoms with Crippen LogP contribution in [0.1, 0.15) is 0 Å². The lowest BCUT2D eigenvalue weighted by Crippen LogP contribution is -2.74. The lowest BCUT2D eigenvalue weighted by molar-refractivity contribution is 0.670. The van der Waals surface area contributed by atoms with Gasteiger partial charge in [-0.25, -0.2) is 4.98 Å². The Kier molecular flexibility index (Phi) is 8.76. The van der Waals surface area contributed by atoms with E-state index in [-0.39, 0.29) is 0 Å². The zero-order valence-electron chi connectivity index (χ0n) is 34.1. The predicted molar refractivity (Wildman–Crippen MR) is 261 cm³/mol. The smallest absolute Gasteiger partial charge is 0.238 e. The van der Waals surface area contributed by atoms with Gasteiger partial charge in [-0.3, -0.25) is 4.57 Å². The molecule has 0 bridgehead atoms. The highest BCUT2D eigenvalue weighted by atomic mass is 28.3. The first kappa shape index (κ1) is 36.6. The molecule has 0 aliphatic carbocycles. The van der Waals surface area contributed by atoms with E-state index in [4.69, 9.17) is 19.4 Å². The second kappa shape index (κ2) is 15.1. The van der Waals surface area contributed by atoms with Crippen LogP contribution in [0.25, 0.3) is 83.6 Å². The number of para-hydroxylation sites is 3. The van der Waals surface area contributed by atoms with Gasteiger partial charge in [0.15, 0.2) is 19.7 Å². The van der Waals surface area contributed by atoms with Gasteiger partial charge in [-0.15, -0.1) is 0 Å². The molecule has 0 aliphatic heterocycles. The topological polar surface area (TPSA) is 56.7 Å². The maximum absolute atomic E-state index is 6.60. The quantitative estimate of drug-likeness (QED) is 0.113. The first-order valence-corrected chi connectivity index (χ1v) is 23.3. The van der Waals surface area contributed by atoms with Crippen LogP contribution in [0.2, 0.25) is 0 Å². The van der Waals surface area contributed by atoms with Crippen LogP contribution in [0.5, 0.6) is 0 Å². The number of rotatable bonds is 8. The fourth-order valence-corrected chi connectivity index (χ4v) is 14.5. The molecule has 3 heterocycles. The summed E-state index contributed by atoms with van der Waals surface area (Å²) in [7, 11) is -2.83. The van der Waals surface area contributed by atoms with Gasteiger partial charge in [0.05, 0.1) is 11.0 Å². The van der Waals surface area contributed by atoms with Gasteiger partial charge in [-0.1, -0.05) is 212 Å². The molecule has 0 saturated carbocycles. The number of benzene rings is 9. The Bertz CT molecular complexity index is 3530. The first-order valence-electron chi connectivity index (χ1n) is 21.3. The Hall–Kier alpha value is -8.19. The number of nitrogens with zero attached hydrogens (tertiary/aromatic N) is 4. The van der Waals surface area contributed by atoms with Crippen molar-refractivity contribution in [2.75, 3.05) is 0 Å². The molecule has 0 radical (unpaired) electrons. The van der Waals surface area contributed by atoms with Crippen LogP contribution < -0.4 is 20.7 Å². The fraction of sp³-hybridized carbons (Fsp3) is 0. The maximum Gasteiger partial charge on any atom is 0.238 e. The minimum atomic E-state index is -2.83. The van der Waals surface area contributed by atoms with Crippen LogP contribution >= 0.6 is 0 Å². The minimum Gasteiger partial charge on any atom is -0.455 e. The summed E-state index contributed by atoms with van der Waals surface area (Å²) in [6.45, 7) is 0. The second-order valence-corrected chi connectivity index (χ2v) is 19.7. The maximum atomic E-state index is 6.60. The summed E-state index contributed by atoms with van der Waals surface area (Å²) in [5.41, 5.74) is 7.71. The Balaban J connectivity index is 1.11. The Morgan fingerprint density at radius 3 is 1.56 bits per heavy atom. The Morgan fingerprint density at radius 2 is 0.857 bits per heavy atom. The van der Waals surface area contributed by atoms with Crippen molar-refractivity contribution in [2.24, 2.45) is 0 Å². The van der Waals surface area contributed by atoms with E-state index in [9.17, 15) is 0 Å². The number of furan rings is 1. The van der Waals surface area contributed by atoms with E-state index in [0.29, 0.717) is 17.6 Å². The van der Waals surface area contributed by atoms with Crippen molar-refractivity contribution >= 4 is 72.6 Å². The van der Waals surface area contributed by atoms with Crippen molar-refractivity contribution in [3.8, 4) is 39.9 Å². The van der Waals surface area contributed by atoms with Gasteiger partial charge in [0.25, 0.3) is 0 Å². The molecular formula is C57H38N4OSi. The van der Waals surface area contributed by atoms with E-state index in [1.807, 2.05) is 30.3 Å². The summed E-state index contributed by atoms with van der Waals surface area (Å²) in [4.78, 5) is 16.0. The number of hydrogen-bond acceptors (Lipinski definition) is 4. The third kappa shape index (κ3) is 5.95. The molecule has 9 aromatic carbocycles. The van der Waals surface area contributed by atoms with Gasteiger partial charge >= 0.3 is 0 Å². The summed E-state index contributed by atoms with van der Waals surface area (Å²) in [6, 6.07) is 81.8. The molecule has 0 atom stereocenters. The predicted octanol–water partition coefficient (Wildman–Crippen LogP) is 11.2. The van der Waals surface area contributed by atoms with Crippen LogP contribution in [-0.2, 0) is 0 Å². The molecule has 5 nitrogen and oxygen atoms in total. The van der Waals surface area contributed by atoms with Gasteiger partial charge in [-0.2, -0.15) is 9.97 Å². The van der Waals surface area contributed by atoms with Gasteiger partial charge in [-0.05, 0) is 44.5 Å². The van der Waals surface area contributed by atoms with E-state index < -0.39 is 8.07 Å². The average molecular weight is 823 g/mol. The highest BCUT2D eigenvalue weighted by Crippen LogP contribution is 2.42. The zero-order chi connectivity index (χ0) is 41.7. The molecule has 0 saturated heterocycles. The molecule has 12 rings (SSSR count). The van der Waals surface area contributed by atoms with Crippen LogP contribution in [0, 0.1) is 0 Å².